The minimum absolute atomic E-state index is 0.0338. The molecular weight excluding hydrogens is 370 g/mol. The quantitative estimate of drug-likeness (QED) is 0.724. The van der Waals surface area contributed by atoms with E-state index in [0.29, 0.717) is 22.9 Å². The molecule has 2 aromatic heterocycles. The summed E-state index contributed by atoms with van der Waals surface area (Å²) < 4.78 is 0. The van der Waals surface area contributed by atoms with E-state index in [2.05, 4.69) is 20.6 Å². The molecule has 128 valence electrons. The SMILES string of the molecule is N#Cc1ncc(C(=O)Nc2nc(-c3ccc4c(c3)CCC(=O)N4)cs2)s1. The molecule has 0 aliphatic carbocycles. The van der Waals surface area contributed by atoms with E-state index >= 15 is 0 Å². The number of carbonyl (C=O) groups is 2. The zero-order valence-corrected chi connectivity index (χ0v) is 14.9. The van der Waals surface area contributed by atoms with Crippen LogP contribution in [0.4, 0.5) is 10.8 Å². The van der Waals surface area contributed by atoms with Crippen LogP contribution in [-0.4, -0.2) is 21.8 Å². The molecule has 0 bridgehead atoms. The van der Waals surface area contributed by atoms with Crippen LogP contribution >= 0.6 is 22.7 Å². The predicted molar refractivity (Wildman–Crippen MR) is 99.3 cm³/mol. The van der Waals surface area contributed by atoms with Gasteiger partial charge in [-0.25, -0.2) is 9.97 Å². The average molecular weight is 381 g/mol. The van der Waals surface area contributed by atoms with Gasteiger partial charge < -0.3 is 5.32 Å². The molecule has 2 N–H and O–H groups in total. The summed E-state index contributed by atoms with van der Waals surface area (Å²) >= 11 is 2.36. The van der Waals surface area contributed by atoms with Crippen molar-refractivity contribution in [1.29, 1.82) is 5.26 Å². The second kappa shape index (κ2) is 6.67. The Kier molecular flexibility index (Phi) is 4.20. The molecular formula is C17H11N5O2S2. The Bertz CT molecular complexity index is 1060. The summed E-state index contributed by atoms with van der Waals surface area (Å²) in [7, 11) is 0. The van der Waals surface area contributed by atoms with E-state index in [-0.39, 0.29) is 16.8 Å². The summed E-state index contributed by atoms with van der Waals surface area (Å²) in [5, 5.41) is 17.0. The van der Waals surface area contributed by atoms with Gasteiger partial charge in [0.15, 0.2) is 10.1 Å². The van der Waals surface area contributed by atoms with Crippen LogP contribution in [0.1, 0.15) is 26.7 Å². The van der Waals surface area contributed by atoms with Crippen LogP contribution in [0, 0.1) is 11.3 Å². The topological polar surface area (TPSA) is 108 Å². The zero-order valence-electron chi connectivity index (χ0n) is 13.3. The maximum atomic E-state index is 12.2. The molecule has 0 fully saturated rings. The number of nitriles is 1. The third-order valence-corrected chi connectivity index (χ3v) is 5.50. The Balaban J connectivity index is 1.52. The lowest BCUT2D eigenvalue weighted by Gasteiger charge is -2.17. The Morgan fingerprint density at radius 1 is 1.35 bits per heavy atom. The predicted octanol–water partition coefficient (Wildman–Crippen LogP) is 3.28. The van der Waals surface area contributed by atoms with Crippen molar-refractivity contribution in [3.05, 3.63) is 45.2 Å². The highest BCUT2D eigenvalue weighted by Gasteiger charge is 2.17. The van der Waals surface area contributed by atoms with E-state index in [0.717, 1.165) is 33.8 Å². The monoisotopic (exact) mass is 381 g/mol. The van der Waals surface area contributed by atoms with Gasteiger partial charge in [0.25, 0.3) is 5.91 Å². The number of aromatic nitrogens is 2. The second-order valence-corrected chi connectivity index (χ2v) is 7.44. The number of hydrogen-bond donors (Lipinski definition) is 2. The summed E-state index contributed by atoms with van der Waals surface area (Å²) in [6.45, 7) is 0. The van der Waals surface area contributed by atoms with Gasteiger partial charge in [0.05, 0.1) is 11.9 Å². The molecule has 2 amide bonds. The van der Waals surface area contributed by atoms with Crippen LogP contribution in [-0.2, 0) is 11.2 Å². The van der Waals surface area contributed by atoms with Crippen molar-refractivity contribution in [2.45, 2.75) is 12.8 Å². The van der Waals surface area contributed by atoms with E-state index in [1.165, 1.54) is 17.5 Å². The summed E-state index contributed by atoms with van der Waals surface area (Å²) in [6, 6.07) is 7.69. The molecule has 0 atom stereocenters. The van der Waals surface area contributed by atoms with Crippen molar-refractivity contribution in [1.82, 2.24) is 9.97 Å². The standard InChI is InChI=1S/C17H11N5O2S2/c18-6-15-19-7-13(26-15)16(24)22-17-21-12(8-25-17)10-1-3-11-9(5-10)2-4-14(23)20-11/h1,3,5,7-8H,2,4H2,(H,20,23)(H,21,22,24). The maximum absolute atomic E-state index is 12.2. The molecule has 7 nitrogen and oxygen atoms in total. The fourth-order valence-electron chi connectivity index (χ4n) is 2.60. The highest BCUT2D eigenvalue weighted by Crippen LogP contribution is 2.30. The van der Waals surface area contributed by atoms with Crippen LogP contribution in [0.25, 0.3) is 11.3 Å². The molecule has 0 saturated carbocycles. The normalized spacial score (nSPS) is 12.8. The molecule has 1 aliphatic rings. The van der Waals surface area contributed by atoms with Gasteiger partial charge in [0.2, 0.25) is 5.91 Å². The Morgan fingerprint density at radius 2 is 2.23 bits per heavy atom. The molecule has 0 saturated heterocycles. The van der Waals surface area contributed by atoms with Crippen molar-refractivity contribution in [3.63, 3.8) is 0 Å². The smallest absolute Gasteiger partial charge is 0.269 e. The first-order valence-electron chi connectivity index (χ1n) is 7.68. The number of rotatable bonds is 3. The first-order chi connectivity index (χ1) is 12.6. The first kappa shape index (κ1) is 16.4. The molecule has 4 rings (SSSR count). The molecule has 26 heavy (non-hydrogen) atoms. The molecule has 9 heteroatoms. The number of benzene rings is 1. The Hall–Kier alpha value is -3.09. The fraction of sp³-hybridized carbons (Fsp3) is 0.118. The largest absolute Gasteiger partial charge is 0.326 e. The molecule has 1 aromatic carbocycles. The first-order valence-corrected chi connectivity index (χ1v) is 9.38. The van der Waals surface area contributed by atoms with Gasteiger partial charge in [0.1, 0.15) is 10.9 Å². The number of nitrogens with zero attached hydrogens (tertiary/aromatic N) is 3. The van der Waals surface area contributed by atoms with Crippen LogP contribution in [0.5, 0.6) is 0 Å². The van der Waals surface area contributed by atoms with Gasteiger partial charge in [-0.1, -0.05) is 17.4 Å². The van der Waals surface area contributed by atoms with Gasteiger partial charge in [0, 0.05) is 23.1 Å². The summed E-state index contributed by atoms with van der Waals surface area (Å²) in [4.78, 5) is 32.3. The number of thiazole rings is 2. The van der Waals surface area contributed by atoms with Crippen molar-refractivity contribution >= 4 is 45.3 Å². The summed E-state index contributed by atoms with van der Waals surface area (Å²) in [5.41, 5.74) is 3.61. The lowest BCUT2D eigenvalue weighted by atomic mass is 9.99. The lowest BCUT2D eigenvalue weighted by molar-refractivity contribution is -0.116. The number of amides is 2. The van der Waals surface area contributed by atoms with Crippen LogP contribution in [0.2, 0.25) is 0 Å². The van der Waals surface area contributed by atoms with Crippen LogP contribution in [0.3, 0.4) is 0 Å². The highest BCUT2D eigenvalue weighted by molar-refractivity contribution is 7.15. The van der Waals surface area contributed by atoms with Gasteiger partial charge in [-0.15, -0.1) is 11.3 Å². The molecule has 0 radical (unpaired) electrons. The zero-order chi connectivity index (χ0) is 18.1. The van der Waals surface area contributed by atoms with E-state index in [1.54, 1.807) is 0 Å². The van der Waals surface area contributed by atoms with Crippen molar-refractivity contribution in [2.24, 2.45) is 0 Å². The summed E-state index contributed by atoms with van der Waals surface area (Å²) in [5.74, 6) is -0.301. The lowest BCUT2D eigenvalue weighted by Crippen LogP contribution is -2.18. The molecule has 3 heterocycles. The number of nitrogens with one attached hydrogen (secondary N) is 2. The number of hydrogen-bond acceptors (Lipinski definition) is 7. The number of fused-ring (bicyclic) bond motifs is 1. The molecule has 3 aromatic rings. The van der Waals surface area contributed by atoms with Crippen LogP contribution < -0.4 is 10.6 Å². The minimum Gasteiger partial charge on any atom is -0.326 e. The Labute approximate surface area is 156 Å². The molecule has 0 unspecified atom stereocenters. The summed E-state index contributed by atoms with van der Waals surface area (Å²) in [6.07, 6.45) is 2.56. The number of aryl methyl sites for hydroxylation is 1. The number of anilines is 2. The maximum Gasteiger partial charge on any atom is 0.269 e. The van der Waals surface area contributed by atoms with E-state index in [1.807, 2.05) is 29.6 Å². The van der Waals surface area contributed by atoms with E-state index < -0.39 is 0 Å². The van der Waals surface area contributed by atoms with Gasteiger partial charge in [-0.05, 0) is 24.1 Å². The van der Waals surface area contributed by atoms with Crippen molar-refractivity contribution in [3.8, 4) is 17.3 Å². The van der Waals surface area contributed by atoms with Gasteiger partial charge in [-0.3, -0.25) is 14.9 Å². The van der Waals surface area contributed by atoms with Crippen molar-refractivity contribution in [2.75, 3.05) is 10.6 Å². The minimum atomic E-state index is -0.335. The molecule has 1 aliphatic heterocycles. The third kappa shape index (κ3) is 3.20. The van der Waals surface area contributed by atoms with E-state index in [4.69, 9.17) is 5.26 Å². The molecule has 0 spiro atoms. The Morgan fingerprint density at radius 3 is 3.04 bits per heavy atom. The van der Waals surface area contributed by atoms with Crippen molar-refractivity contribution < 1.29 is 9.59 Å². The fourth-order valence-corrected chi connectivity index (χ4v) is 3.92. The average Bonchev–Trinajstić information content (AvgIpc) is 3.30. The van der Waals surface area contributed by atoms with Gasteiger partial charge in [-0.2, -0.15) is 5.26 Å². The highest BCUT2D eigenvalue weighted by atomic mass is 32.1. The van der Waals surface area contributed by atoms with E-state index in [9.17, 15) is 9.59 Å². The van der Waals surface area contributed by atoms with Crippen LogP contribution in [0.15, 0.2) is 29.8 Å². The number of carbonyl (C=O) groups excluding carboxylic acids is 2. The third-order valence-electron chi connectivity index (χ3n) is 3.85. The second-order valence-electron chi connectivity index (χ2n) is 5.55. The van der Waals surface area contributed by atoms with Gasteiger partial charge >= 0.3 is 0 Å².